The first-order valence-electron chi connectivity index (χ1n) is 8.12. The average molecular weight is 407 g/mol. The van der Waals surface area contributed by atoms with Crippen LogP contribution in [0.25, 0.3) is 11.3 Å². The molecule has 0 amide bonds. The molecule has 10 nitrogen and oxygen atoms in total. The number of hydrogen-bond acceptors (Lipinski definition) is 9. The fourth-order valence-corrected chi connectivity index (χ4v) is 3.54. The summed E-state index contributed by atoms with van der Waals surface area (Å²) >= 11 is 0. The maximum Gasteiger partial charge on any atom is 0.360 e. The first-order valence-corrected chi connectivity index (χ1v) is 9.60. The number of rotatable bonds is 7. The number of methoxy groups -OCH3 is 1. The summed E-state index contributed by atoms with van der Waals surface area (Å²) in [6.45, 7) is 3.50. The van der Waals surface area contributed by atoms with Crippen molar-refractivity contribution in [3.8, 4) is 17.1 Å². The number of nitrogens with zero attached hydrogens (tertiary/aromatic N) is 2. The van der Waals surface area contributed by atoms with Crippen molar-refractivity contribution in [3.05, 3.63) is 41.8 Å². The van der Waals surface area contributed by atoms with E-state index in [4.69, 9.17) is 18.5 Å². The predicted molar refractivity (Wildman–Crippen MR) is 96.5 cm³/mol. The van der Waals surface area contributed by atoms with Gasteiger partial charge in [-0.25, -0.2) is 13.2 Å². The van der Waals surface area contributed by atoms with Crippen LogP contribution in [0, 0.1) is 6.92 Å². The fraction of sp³-hybridized carbons (Fsp3) is 0.235. The molecule has 0 atom stereocenters. The first-order chi connectivity index (χ1) is 13.3. The molecule has 2 heterocycles. The third-order valence-electron chi connectivity index (χ3n) is 3.60. The number of ether oxygens (including phenoxy) is 2. The van der Waals surface area contributed by atoms with E-state index in [1.54, 1.807) is 19.9 Å². The lowest BCUT2D eigenvalue weighted by Crippen LogP contribution is -2.14. The quantitative estimate of drug-likeness (QED) is 0.586. The number of nitrogens with one attached hydrogen (secondary N) is 1. The van der Waals surface area contributed by atoms with E-state index in [9.17, 15) is 13.2 Å². The molecule has 28 heavy (non-hydrogen) atoms. The van der Waals surface area contributed by atoms with Crippen molar-refractivity contribution in [3.63, 3.8) is 0 Å². The third kappa shape index (κ3) is 3.98. The minimum Gasteiger partial charge on any atom is -0.495 e. The van der Waals surface area contributed by atoms with Gasteiger partial charge < -0.3 is 18.5 Å². The Bertz CT molecular complexity index is 1100. The summed E-state index contributed by atoms with van der Waals surface area (Å²) in [4.78, 5) is 11.6. The highest BCUT2D eigenvalue weighted by Gasteiger charge is 2.23. The summed E-state index contributed by atoms with van der Waals surface area (Å²) in [5, 5.41) is 7.26. The summed E-state index contributed by atoms with van der Waals surface area (Å²) < 4.78 is 47.9. The van der Waals surface area contributed by atoms with Gasteiger partial charge in [-0.15, -0.1) is 0 Å². The molecule has 1 N–H and O–H groups in total. The van der Waals surface area contributed by atoms with Gasteiger partial charge in [0.25, 0.3) is 10.0 Å². The number of sulfonamides is 1. The molecule has 0 aliphatic carbocycles. The van der Waals surface area contributed by atoms with E-state index in [-0.39, 0.29) is 34.5 Å². The molecule has 0 saturated heterocycles. The van der Waals surface area contributed by atoms with Gasteiger partial charge in [0.05, 0.1) is 13.7 Å². The lowest BCUT2D eigenvalue weighted by atomic mass is 10.1. The number of benzene rings is 1. The molecule has 0 aliphatic heterocycles. The number of carbonyl (C=O) groups excluding carboxylic acids is 1. The SMILES string of the molecule is CCOC(=O)c1cc(-c2ccc(OC)c(S(=O)(=O)Nc3cc(C)on3)c2)on1. The molecule has 11 heteroatoms. The maximum absolute atomic E-state index is 12.8. The van der Waals surface area contributed by atoms with Crippen LogP contribution in [-0.2, 0) is 14.8 Å². The molecule has 0 saturated carbocycles. The summed E-state index contributed by atoms with van der Waals surface area (Å²) in [6.07, 6.45) is 0. The number of hydrogen-bond donors (Lipinski definition) is 1. The second kappa shape index (κ2) is 7.72. The standard InChI is InChI=1S/C17H17N3O7S/c1-4-25-17(21)12-9-14(27-18-12)11-5-6-13(24-3)15(8-11)28(22,23)20-16-7-10(2)26-19-16/h5-9H,4H2,1-3H3,(H,19,20). The molecule has 0 spiro atoms. The van der Waals surface area contributed by atoms with E-state index >= 15 is 0 Å². The normalized spacial score (nSPS) is 11.2. The molecule has 2 aromatic heterocycles. The smallest absolute Gasteiger partial charge is 0.360 e. The molecule has 1 aromatic carbocycles. The molecular formula is C17H17N3O7S. The fourth-order valence-electron chi connectivity index (χ4n) is 2.36. The highest BCUT2D eigenvalue weighted by molar-refractivity contribution is 7.92. The minimum atomic E-state index is -4.04. The van der Waals surface area contributed by atoms with Crippen molar-refractivity contribution in [2.75, 3.05) is 18.4 Å². The summed E-state index contributed by atoms with van der Waals surface area (Å²) in [5.74, 6) is 0.156. The van der Waals surface area contributed by atoms with Gasteiger partial charge in [0.1, 0.15) is 16.4 Å². The molecule has 0 bridgehead atoms. The van der Waals surface area contributed by atoms with Crippen LogP contribution in [0.4, 0.5) is 5.82 Å². The second-order valence-corrected chi connectivity index (χ2v) is 7.24. The van der Waals surface area contributed by atoms with Gasteiger partial charge in [-0.05, 0) is 32.0 Å². The van der Waals surface area contributed by atoms with Crippen LogP contribution in [-0.4, -0.2) is 38.4 Å². The van der Waals surface area contributed by atoms with Crippen molar-refractivity contribution in [2.45, 2.75) is 18.7 Å². The van der Waals surface area contributed by atoms with Gasteiger partial charge in [0, 0.05) is 17.7 Å². The van der Waals surface area contributed by atoms with Crippen molar-refractivity contribution in [1.29, 1.82) is 0 Å². The minimum absolute atomic E-state index is 0.0201. The average Bonchev–Trinajstić information content (AvgIpc) is 3.30. The zero-order chi connectivity index (χ0) is 20.3. The summed E-state index contributed by atoms with van der Waals surface area (Å²) in [6, 6.07) is 7.18. The molecule has 0 fully saturated rings. The zero-order valence-corrected chi connectivity index (χ0v) is 16.1. The van der Waals surface area contributed by atoms with Crippen LogP contribution >= 0.6 is 0 Å². The first kappa shape index (κ1) is 19.4. The number of aryl methyl sites for hydroxylation is 1. The Hall–Kier alpha value is -3.34. The van der Waals surface area contributed by atoms with E-state index in [1.165, 1.54) is 31.4 Å². The van der Waals surface area contributed by atoms with Crippen LogP contribution in [0.5, 0.6) is 5.75 Å². The summed E-state index contributed by atoms with van der Waals surface area (Å²) in [5.41, 5.74) is 0.355. The van der Waals surface area contributed by atoms with Crippen molar-refractivity contribution < 1.29 is 31.7 Å². The van der Waals surface area contributed by atoms with Gasteiger partial charge in [0.15, 0.2) is 17.3 Å². The second-order valence-electron chi connectivity index (χ2n) is 5.59. The van der Waals surface area contributed by atoms with E-state index in [0.29, 0.717) is 11.3 Å². The molecule has 0 radical (unpaired) electrons. The molecule has 0 aliphatic rings. The highest BCUT2D eigenvalue weighted by Crippen LogP contribution is 2.31. The van der Waals surface area contributed by atoms with Crippen LogP contribution in [0.1, 0.15) is 23.2 Å². The maximum atomic E-state index is 12.8. The molecule has 3 aromatic rings. The topological polar surface area (TPSA) is 134 Å². The van der Waals surface area contributed by atoms with E-state index in [1.807, 2.05) is 0 Å². The Morgan fingerprint density at radius 3 is 2.61 bits per heavy atom. The number of aromatic nitrogens is 2. The van der Waals surface area contributed by atoms with Crippen molar-refractivity contribution in [1.82, 2.24) is 10.3 Å². The van der Waals surface area contributed by atoms with Crippen LogP contribution < -0.4 is 9.46 Å². The van der Waals surface area contributed by atoms with Gasteiger partial charge in [0.2, 0.25) is 0 Å². The summed E-state index contributed by atoms with van der Waals surface area (Å²) in [7, 11) is -2.69. The van der Waals surface area contributed by atoms with Gasteiger partial charge in [-0.2, -0.15) is 0 Å². The van der Waals surface area contributed by atoms with Crippen LogP contribution in [0.3, 0.4) is 0 Å². The van der Waals surface area contributed by atoms with E-state index in [0.717, 1.165) is 0 Å². The monoisotopic (exact) mass is 407 g/mol. The lowest BCUT2D eigenvalue weighted by molar-refractivity contribution is 0.0514. The Kier molecular flexibility index (Phi) is 5.36. The largest absolute Gasteiger partial charge is 0.495 e. The van der Waals surface area contributed by atoms with E-state index in [2.05, 4.69) is 15.0 Å². The Balaban J connectivity index is 1.97. The molecule has 3 rings (SSSR count). The van der Waals surface area contributed by atoms with Crippen molar-refractivity contribution in [2.24, 2.45) is 0 Å². The lowest BCUT2D eigenvalue weighted by Gasteiger charge is -2.11. The van der Waals surface area contributed by atoms with Crippen LogP contribution in [0.2, 0.25) is 0 Å². The van der Waals surface area contributed by atoms with Crippen molar-refractivity contribution >= 4 is 21.8 Å². The predicted octanol–water partition coefficient (Wildman–Crippen LogP) is 2.62. The number of esters is 1. The Labute approximate surface area is 160 Å². The van der Waals surface area contributed by atoms with Crippen LogP contribution in [0.15, 0.2) is 44.3 Å². The number of carbonyl (C=O) groups is 1. The Morgan fingerprint density at radius 2 is 1.96 bits per heavy atom. The van der Waals surface area contributed by atoms with Gasteiger partial charge in [-0.3, -0.25) is 4.72 Å². The third-order valence-corrected chi connectivity index (χ3v) is 4.98. The molecule has 148 valence electrons. The van der Waals surface area contributed by atoms with Gasteiger partial charge >= 0.3 is 5.97 Å². The van der Waals surface area contributed by atoms with E-state index < -0.39 is 16.0 Å². The highest BCUT2D eigenvalue weighted by atomic mass is 32.2. The molecule has 0 unspecified atom stereocenters. The number of anilines is 1. The molecular weight excluding hydrogens is 390 g/mol. The van der Waals surface area contributed by atoms with Gasteiger partial charge in [-0.1, -0.05) is 10.3 Å². The Morgan fingerprint density at radius 1 is 1.18 bits per heavy atom. The zero-order valence-electron chi connectivity index (χ0n) is 15.3.